The summed E-state index contributed by atoms with van der Waals surface area (Å²) in [6, 6.07) is 9.52. The van der Waals surface area contributed by atoms with Crippen LogP contribution in [0.5, 0.6) is 0 Å². The minimum absolute atomic E-state index is 0.0522. The van der Waals surface area contributed by atoms with Gasteiger partial charge in [-0.2, -0.15) is 0 Å². The third-order valence-corrected chi connectivity index (χ3v) is 2.29. The molecule has 0 bridgehead atoms. The number of rotatable bonds is 3. The van der Waals surface area contributed by atoms with Crippen molar-refractivity contribution in [3.8, 4) is 0 Å². The fraction of sp³-hybridized carbons (Fsp3) is 0.0769. The topological polar surface area (TPSA) is 42.0 Å². The van der Waals surface area contributed by atoms with Crippen LogP contribution >= 0.6 is 0 Å². The molecule has 0 radical (unpaired) electrons. The number of carbonyl (C=O) groups is 1. The molecular formula is C13H11FN2O. The molecule has 1 heterocycles. The molecule has 17 heavy (non-hydrogen) atoms. The minimum Gasteiger partial charge on any atom is -0.348 e. The zero-order chi connectivity index (χ0) is 12.1. The summed E-state index contributed by atoms with van der Waals surface area (Å²) in [5.74, 6) is -0.942. The molecule has 0 saturated heterocycles. The van der Waals surface area contributed by atoms with Gasteiger partial charge in [0.05, 0.1) is 5.56 Å². The van der Waals surface area contributed by atoms with E-state index in [-0.39, 0.29) is 5.56 Å². The van der Waals surface area contributed by atoms with Gasteiger partial charge in [0.25, 0.3) is 5.91 Å². The van der Waals surface area contributed by atoms with Crippen molar-refractivity contribution in [1.82, 2.24) is 10.3 Å². The van der Waals surface area contributed by atoms with Crippen molar-refractivity contribution in [3.63, 3.8) is 0 Å². The van der Waals surface area contributed by atoms with Gasteiger partial charge in [0, 0.05) is 18.9 Å². The number of pyridine rings is 1. The third-order valence-electron chi connectivity index (χ3n) is 2.29. The largest absolute Gasteiger partial charge is 0.348 e. The smallest absolute Gasteiger partial charge is 0.254 e. The first-order valence-corrected chi connectivity index (χ1v) is 5.19. The molecular weight excluding hydrogens is 219 g/mol. The maximum atomic E-state index is 13.3. The summed E-state index contributed by atoms with van der Waals surface area (Å²) in [6.45, 7) is 0.334. The van der Waals surface area contributed by atoms with E-state index in [1.165, 1.54) is 12.1 Å². The van der Waals surface area contributed by atoms with E-state index >= 15 is 0 Å². The van der Waals surface area contributed by atoms with Gasteiger partial charge in [0.1, 0.15) is 5.82 Å². The fourth-order valence-electron chi connectivity index (χ4n) is 1.43. The van der Waals surface area contributed by atoms with Gasteiger partial charge in [0.2, 0.25) is 0 Å². The molecule has 1 amide bonds. The highest BCUT2D eigenvalue weighted by Gasteiger charge is 2.09. The second kappa shape index (κ2) is 5.21. The number of carbonyl (C=O) groups excluding carboxylic acids is 1. The standard InChI is InChI=1S/C13H11FN2O/c14-12-6-2-1-5-11(12)13(17)16-9-10-4-3-7-15-8-10/h1-8H,9H2,(H,16,17). The summed E-state index contributed by atoms with van der Waals surface area (Å²) in [5, 5.41) is 2.64. The van der Waals surface area contributed by atoms with Crippen LogP contribution in [-0.4, -0.2) is 10.9 Å². The molecule has 1 N–H and O–H groups in total. The Hall–Kier alpha value is -2.23. The van der Waals surface area contributed by atoms with Gasteiger partial charge in [-0.15, -0.1) is 0 Å². The van der Waals surface area contributed by atoms with Crippen LogP contribution in [-0.2, 0) is 6.54 Å². The molecule has 0 aliphatic heterocycles. The van der Waals surface area contributed by atoms with Crippen molar-refractivity contribution in [1.29, 1.82) is 0 Å². The molecule has 0 aliphatic rings. The van der Waals surface area contributed by atoms with Crippen molar-refractivity contribution in [2.45, 2.75) is 6.54 Å². The Balaban J connectivity index is 2.01. The van der Waals surface area contributed by atoms with Crippen LogP contribution in [0.25, 0.3) is 0 Å². The van der Waals surface area contributed by atoms with Gasteiger partial charge in [-0.05, 0) is 23.8 Å². The van der Waals surface area contributed by atoms with Crippen molar-refractivity contribution in [2.24, 2.45) is 0 Å². The number of hydrogen-bond acceptors (Lipinski definition) is 2. The first kappa shape index (κ1) is 11.3. The maximum Gasteiger partial charge on any atom is 0.254 e. The Kier molecular flexibility index (Phi) is 3.45. The van der Waals surface area contributed by atoms with E-state index in [0.29, 0.717) is 6.54 Å². The SMILES string of the molecule is O=C(NCc1cccnc1)c1ccccc1F. The van der Waals surface area contributed by atoms with Crippen molar-refractivity contribution in [3.05, 3.63) is 65.7 Å². The first-order valence-electron chi connectivity index (χ1n) is 5.19. The Morgan fingerprint density at radius 3 is 2.76 bits per heavy atom. The fourth-order valence-corrected chi connectivity index (χ4v) is 1.43. The van der Waals surface area contributed by atoms with E-state index in [1.807, 2.05) is 6.07 Å². The van der Waals surface area contributed by atoms with Crippen molar-refractivity contribution in [2.75, 3.05) is 0 Å². The highest BCUT2D eigenvalue weighted by molar-refractivity contribution is 5.94. The molecule has 0 atom stereocenters. The normalized spacial score (nSPS) is 9.94. The van der Waals surface area contributed by atoms with E-state index < -0.39 is 11.7 Å². The highest BCUT2D eigenvalue weighted by atomic mass is 19.1. The first-order chi connectivity index (χ1) is 8.27. The number of hydrogen-bond donors (Lipinski definition) is 1. The molecule has 2 aromatic rings. The summed E-state index contributed by atoms with van der Waals surface area (Å²) >= 11 is 0. The minimum atomic E-state index is -0.517. The average molecular weight is 230 g/mol. The second-order valence-electron chi connectivity index (χ2n) is 3.52. The number of nitrogens with one attached hydrogen (secondary N) is 1. The molecule has 0 fully saturated rings. The predicted octanol–water partition coefficient (Wildman–Crippen LogP) is 2.15. The Labute approximate surface area is 98.3 Å². The van der Waals surface area contributed by atoms with Crippen LogP contribution in [0.2, 0.25) is 0 Å². The van der Waals surface area contributed by atoms with Gasteiger partial charge in [-0.25, -0.2) is 4.39 Å². The lowest BCUT2D eigenvalue weighted by Gasteiger charge is -2.05. The number of nitrogens with zero attached hydrogens (tertiary/aromatic N) is 1. The molecule has 2 rings (SSSR count). The summed E-state index contributed by atoms with van der Waals surface area (Å²) in [6.07, 6.45) is 3.31. The number of halogens is 1. The average Bonchev–Trinajstić information content (AvgIpc) is 2.38. The van der Waals surface area contributed by atoms with Crippen molar-refractivity contribution < 1.29 is 9.18 Å². The quantitative estimate of drug-likeness (QED) is 0.877. The Bertz CT molecular complexity index is 514. The van der Waals surface area contributed by atoms with Crippen LogP contribution < -0.4 is 5.32 Å². The van der Waals surface area contributed by atoms with E-state index in [4.69, 9.17) is 0 Å². The molecule has 86 valence electrons. The zero-order valence-corrected chi connectivity index (χ0v) is 9.06. The van der Waals surface area contributed by atoms with E-state index in [9.17, 15) is 9.18 Å². The number of amides is 1. The highest BCUT2D eigenvalue weighted by Crippen LogP contribution is 2.06. The lowest BCUT2D eigenvalue weighted by Crippen LogP contribution is -2.23. The van der Waals surface area contributed by atoms with Crippen LogP contribution in [0, 0.1) is 5.82 Å². The zero-order valence-electron chi connectivity index (χ0n) is 9.06. The van der Waals surface area contributed by atoms with E-state index in [2.05, 4.69) is 10.3 Å². The molecule has 0 spiro atoms. The van der Waals surface area contributed by atoms with Crippen LogP contribution in [0.15, 0.2) is 48.8 Å². The number of aromatic nitrogens is 1. The lowest BCUT2D eigenvalue weighted by atomic mass is 10.2. The summed E-state index contributed by atoms with van der Waals surface area (Å²) in [4.78, 5) is 15.6. The van der Waals surface area contributed by atoms with Crippen LogP contribution in [0.1, 0.15) is 15.9 Å². The van der Waals surface area contributed by atoms with Crippen LogP contribution in [0.3, 0.4) is 0 Å². The molecule has 1 aromatic heterocycles. The Morgan fingerprint density at radius 1 is 1.24 bits per heavy atom. The predicted molar refractivity (Wildman–Crippen MR) is 61.8 cm³/mol. The number of benzene rings is 1. The molecule has 0 unspecified atom stereocenters. The monoisotopic (exact) mass is 230 g/mol. The van der Waals surface area contributed by atoms with Gasteiger partial charge >= 0.3 is 0 Å². The summed E-state index contributed by atoms with van der Waals surface area (Å²) in [7, 11) is 0. The molecule has 4 heteroatoms. The van der Waals surface area contributed by atoms with Gasteiger partial charge in [-0.1, -0.05) is 18.2 Å². The second-order valence-corrected chi connectivity index (χ2v) is 3.52. The molecule has 3 nitrogen and oxygen atoms in total. The van der Waals surface area contributed by atoms with Gasteiger partial charge < -0.3 is 5.32 Å². The lowest BCUT2D eigenvalue weighted by molar-refractivity contribution is 0.0947. The van der Waals surface area contributed by atoms with Crippen molar-refractivity contribution >= 4 is 5.91 Å². The van der Waals surface area contributed by atoms with E-state index in [0.717, 1.165) is 5.56 Å². The Morgan fingerprint density at radius 2 is 2.06 bits per heavy atom. The summed E-state index contributed by atoms with van der Waals surface area (Å²) in [5.41, 5.74) is 0.925. The van der Waals surface area contributed by atoms with Gasteiger partial charge in [-0.3, -0.25) is 9.78 Å². The molecule has 1 aromatic carbocycles. The van der Waals surface area contributed by atoms with Gasteiger partial charge in [0.15, 0.2) is 0 Å². The maximum absolute atomic E-state index is 13.3. The van der Waals surface area contributed by atoms with E-state index in [1.54, 1.807) is 30.6 Å². The third kappa shape index (κ3) is 2.87. The van der Waals surface area contributed by atoms with Crippen LogP contribution in [0.4, 0.5) is 4.39 Å². The summed E-state index contributed by atoms with van der Waals surface area (Å²) < 4.78 is 13.3. The molecule has 0 saturated carbocycles. The molecule has 0 aliphatic carbocycles.